The molecule has 2 aromatic rings. The zero-order valence-electron chi connectivity index (χ0n) is 18.8. The number of hydrogen-bond acceptors (Lipinski definition) is 5. The van der Waals surface area contributed by atoms with E-state index >= 15 is 0 Å². The molecule has 32 heavy (non-hydrogen) atoms. The molecule has 168 valence electrons. The van der Waals surface area contributed by atoms with Gasteiger partial charge in [-0.1, -0.05) is 18.2 Å². The van der Waals surface area contributed by atoms with E-state index in [-0.39, 0.29) is 17.9 Å². The lowest BCUT2D eigenvalue weighted by atomic mass is 10.1. The van der Waals surface area contributed by atoms with Gasteiger partial charge in [-0.2, -0.15) is 5.26 Å². The van der Waals surface area contributed by atoms with Crippen LogP contribution in [-0.2, 0) is 6.54 Å². The summed E-state index contributed by atoms with van der Waals surface area (Å²) in [7, 11) is 1.70. The van der Waals surface area contributed by atoms with Gasteiger partial charge in [-0.05, 0) is 44.7 Å². The van der Waals surface area contributed by atoms with Crippen LogP contribution in [-0.4, -0.2) is 54.1 Å². The minimum absolute atomic E-state index is 0.0226. The molecule has 1 aromatic heterocycles. The molecule has 1 aliphatic heterocycles. The van der Waals surface area contributed by atoms with E-state index in [1.165, 1.54) is 17.8 Å². The number of piperidine rings is 1. The highest BCUT2D eigenvalue weighted by molar-refractivity contribution is 7.13. The van der Waals surface area contributed by atoms with Gasteiger partial charge in [-0.15, -0.1) is 11.3 Å². The van der Waals surface area contributed by atoms with Crippen LogP contribution in [0.2, 0.25) is 0 Å². The second-order valence-electron chi connectivity index (χ2n) is 8.23. The molecule has 0 bridgehead atoms. The summed E-state index contributed by atoms with van der Waals surface area (Å²) in [6, 6.07) is 9.37. The first-order valence-corrected chi connectivity index (χ1v) is 11.7. The molecular formula is C24H29N5O2S. The van der Waals surface area contributed by atoms with Gasteiger partial charge >= 0.3 is 0 Å². The number of benzene rings is 1. The average Bonchev–Trinajstić information content (AvgIpc) is 3.21. The minimum Gasteiger partial charge on any atom is -0.363 e. The van der Waals surface area contributed by atoms with Gasteiger partial charge in [0, 0.05) is 38.1 Å². The lowest BCUT2D eigenvalue weighted by Crippen LogP contribution is -2.30. The maximum absolute atomic E-state index is 13.3. The van der Waals surface area contributed by atoms with Crippen LogP contribution in [0.3, 0.4) is 0 Å². The molecule has 1 aliphatic rings. The highest BCUT2D eigenvalue weighted by Crippen LogP contribution is 2.32. The fourth-order valence-corrected chi connectivity index (χ4v) is 4.56. The number of nitrogens with one attached hydrogen (secondary N) is 1. The molecule has 2 heterocycles. The minimum atomic E-state index is -0.237. The first kappa shape index (κ1) is 23.5. The van der Waals surface area contributed by atoms with E-state index in [4.69, 9.17) is 0 Å². The summed E-state index contributed by atoms with van der Waals surface area (Å²) in [5, 5.41) is 13.9. The van der Waals surface area contributed by atoms with Crippen molar-refractivity contribution in [3.8, 4) is 6.07 Å². The van der Waals surface area contributed by atoms with Crippen LogP contribution in [0.5, 0.6) is 0 Å². The molecule has 1 fully saturated rings. The third kappa shape index (κ3) is 5.74. The van der Waals surface area contributed by atoms with E-state index in [2.05, 4.69) is 21.3 Å². The Labute approximate surface area is 193 Å². The van der Waals surface area contributed by atoms with Gasteiger partial charge in [-0.25, -0.2) is 4.99 Å². The van der Waals surface area contributed by atoms with E-state index in [0.717, 1.165) is 31.5 Å². The quantitative estimate of drug-likeness (QED) is 0.505. The van der Waals surface area contributed by atoms with Crippen molar-refractivity contribution in [2.24, 2.45) is 4.99 Å². The molecular weight excluding hydrogens is 422 g/mol. The third-order valence-corrected chi connectivity index (χ3v) is 6.21. The van der Waals surface area contributed by atoms with E-state index in [1.807, 2.05) is 26.0 Å². The second-order valence-corrected chi connectivity index (χ2v) is 9.11. The van der Waals surface area contributed by atoms with Crippen LogP contribution in [0.1, 0.15) is 64.3 Å². The van der Waals surface area contributed by atoms with Crippen molar-refractivity contribution in [1.82, 2.24) is 15.1 Å². The number of rotatable bonds is 7. The molecule has 3 rings (SSSR count). The van der Waals surface area contributed by atoms with Crippen LogP contribution in [0.25, 0.3) is 0 Å². The number of amides is 2. The summed E-state index contributed by atoms with van der Waals surface area (Å²) in [4.78, 5) is 34.8. The van der Waals surface area contributed by atoms with Gasteiger partial charge in [0.25, 0.3) is 11.8 Å². The fourth-order valence-electron chi connectivity index (χ4n) is 3.57. The van der Waals surface area contributed by atoms with Crippen LogP contribution in [0, 0.1) is 11.3 Å². The smallest absolute Gasteiger partial charge is 0.266 e. The molecule has 2 amide bonds. The first-order chi connectivity index (χ1) is 15.4. The molecule has 7 nitrogen and oxygen atoms in total. The predicted octanol–water partition coefficient (Wildman–Crippen LogP) is 4.18. The van der Waals surface area contributed by atoms with Crippen LogP contribution in [0.15, 0.2) is 34.6 Å². The van der Waals surface area contributed by atoms with Gasteiger partial charge in [0.1, 0.15) is 10.6 Å². The van der Waals surface area contributed by atoms with Crippen LogP contribution in [0.4, 0.5) is 5.69 Å². The monoisotopic (exact) mass is 451 g/mol. The van der Waals surface area contributed by atoms with E-state index in [1.54, 1.807) is 35.8 Å². The highest BCUT2D eigenvalue weighted by atomic mass is 32.1. The molecule has 8 heteroatoms. The number of aliphatic imine (C=N–C) groups is 1. The third-order valence-electron chi connectivity index (χ3n) is 5.26. The van der Waals surface area contributed by atoms with Gasteiger partial charge in [0.2, 0.25) is 0 Å². The number of carbonyl (C=O) groups is 2. The Morgan fingerprint density at radius 1 is 1.28 bits per heavy atom. The molecule has 0 spiro atoms. The van der Waals surface area contributed by atoms with E-state index in [9.17, 15) is 14.9 Å². The lowest BCUT2D eigenvalue weighted by Gasteiger charge is -2.24. The van der Waals surface area contributed by atoms with Crippen LogP contribution < -0.4 is 5.32 Å². The zero-order chi connectivity index (χ0) is 23.1. The SMILES string of the molecule is CC(C)NC(=O)c1csc(C(=O)N(C)Cc2ccccc2C#N)c1N=CN1CCCCC1. The van der Waals surface area contributed by atoms with Crippen molar-refractivity contribution < 1.29 is 9.59 Å². The topological polar surface area (TPSA) is 88.8 Å². The summed E-state index contributed by atoms with van der Waals surface area (Å²) < 4.78 is 0. The summed E-state index contributed by atoms with van der Waals surface area (Å²) in [6.45, 7) is 5.94. The van der Waals surface area contributed by atoms with Crippen molar-refractivity contribution in [1.29, 1.82) is 5.26 Å². The summed E-state index contributed by atoms with van der Waals surface area (Å²) in [5.74, 6) is -0.462. The summed E-state index contributed by atoms with van der Waals surface area (Å²) >= 11 is 1.23. The van der Waals surface area contributed by atoms with Gasteiger partial charge in [-0.3, -0.25) is 9.59 Å². The van der Waals surface area contributed by atoms with Crippen molar-refractivity contribution in [3.05, 3.63) is 51.2 Å². The number of likely N-dealkylation sites (tertiary alicyclic amines) is 1. The molecule has 0 atom stereocenters. The van der Waals surface area contributed by atoms with Gasteiger partial charge < -0.3 is 15.1 Å². The van der Waals surface area contributed by atoms with Crippen LogP contribution >= 0.6 is 11.3 Å². The Hall–Kier alpha value is -3.18. The van der Waals surface area contributed by atoms with E-state index < -0.39 is 0 Å². The number of carbonyl (C=O) groups excluding carboxylic acids is 2. The highest BCUT2D eigenvalue weighted by Gasteiger charge is 2.25. The Kier molecular flexibility index (Phi) is 8.01. The number of thiophene rings is 1. The number of nitriles is 1. The van der Waals surface area contributed by atoms with E-state index in [0.29, 0.717) is 28.2 Å². The first-order valence-electron chi connectivity index (χ1n) is 10.8. The molecule has 1 saturated heterocycles. The van der Waals surface area contributed by atoms with Crippen molar-refractivity contribution >= 4 is 35.2 Å². The largest absolute Gasteiger partial charge is 0.363 e. The maximum atomic E-state index is 13.3. The van der Waals surface area contributed by atoms with Crippen molar-refractivity contribution in [2.45, 2.75) is 45.7 Å². The standard InChI is InChI=1S/C24H29N5O2S/c1-17(2)27-23(30)20-15-32-22(21(20)26-16-29-11-7-4-8-12-29)24(31)28(3)14-19-10-6-5-9-18(19)13-25/h5-6,9-10,15-17H,4,7-8,11-12,14H2,1-3H3,(H,27,30). The molecule has 0 saturated carbocycles. The summed E-state index contributed by atoms with van der Waals surface area (Å²) in [6.07, 6.45) is 5.20. The predicted molar refractivity (Wildman–Crippen MR) is 127 cm³/mol. The molecule has 1 aromatic carbocycles. The van der Waals surface area contributed by atoms with Crippen molar-refractivity contribution in [3.63, 3.8) is 0 Å². The Balaban J connectivity index is 1.89. The Bertz CT molecular complexity index is 1030. The number of hydrogen-bond donors (Lipinski definition) is 1. The summed E-state index contributed by atoms with van der Waals surface area (Å²) in [5.41, 5.74) is 2.13. The van der Waals surface area contributed by atoms with Gasteiger partial charge in [0.05, 0.1) is 23.5 Å². The Morgan fingerprint density at radius 2 is 2.00 bits per heavy atom. The molecule has 0 radical (unpaired) electrons. The fraction of sp³-hybridized carbons (Fsp3) is 0.417. The van der Waals surface area contributed by atoms with Gasteiger partial charge in [0.15, 0.2) is 0 Å². The maximum Gasteiger partial charge on any atom is 0.266 e. The second kappa shape index (κ2) is 10.9. The normalized spacial score (nSPS) is 13.9. The Morgan fingerprint density at radius 3 is 2.69 bits per heavy atom. The lowest BCUT2D eigenvalue weighted by molar-refractivity contribution is 0.0790. The zero-order valence-corrected chi connectivity index (χ0v) is 19.6. The molecule has 1 N–H and O–H groups in total. The average molecular weight is 452 g/mol. The molecule has 0 unspecified atom stereocenters. The molecule has 0 aliphatic carbocycles. The van der Waals surface area contributed by atoms with Crippen molar-refractivity contribution in [2.75, 3.05) is 20.1 Å². The number of nitrogens with zero attached hydrogens (tertiary/aromatic N) is 4.